The Hall–Kier alpha value is -2.26. The molecule has 1 unspecified atom stereocenters. The van der Waals surface area contributed by atoms with Crippen LogP contribution in [0.5, 0.6) is 0 Å². The molecule has 0 bridgehead atoms. The second kappa shape index (κ2) is 8.00. The fourth-order valence-electron chi connectivity index (χ4n) is 3.09. The van der Waals surface area contributed by atoms with Crippen LogP contribution in [0.1, 0.15) is 22.3 Å². The van der Waals surface area contributed by atoms with E-state index >= 15 is 0 Å². The first-order valence-electron chi connectivity index (χ1n) is 8.48. The number of hydrogen-bond acceptors (Lipinski definition) is 4. The van der Waals surface area contributed by atoms with Crippen LogP contribution in [0.15, 0.2) is 46.9 Å². The van der Waals surface area contributed by atoms with Gasteiger partial charge in [-0.25, -0.2) is 12.8 Å². The molecule has 1 heterocycles. The molecule has 6 nitrogen and oxygen atoms in total. The zero-order valence-electron chi connectivity index (χ0n) is 15.0. The number of hydrogen-bond donors (Lipinski definition) is 1. The standard InChI is InChI=1S/C19H18BrFN2O4S/c1-28(26,27)9-8-17(18(24)22-16-7-6-13(20)10-15(16)21)23-11-12-4-2-3-5-14(12)19(23)25/h2-7,10,17H,8-9,11H2,1H3,(H,22,24). The molecule has 0 aromatic heterocycles. The number of benzene rings is 2. The second-order valence-corrected chi connectivity index (χ2v) is 9.81. The number of nitrogens with zero attached hydrogens (tertiary/aromatic N) is 1. The maximum atomic E-state index is 14.1. The Labute approximate surface area is 170 Å². The van der Waals surface area contributed by atoms with Crippen molar-refractivity contribution >= 4 is 43.3 Å². The predicted octanol–water partition coefficient (Wildman–Crippen LogP) is 2.99. The predicted molar refractivity (Wildman–Crippen MR) is 107 cm³/mol. The molecule has 1 aliphatic rings. The number of carbonyl (C=O) groups excluding carboxylic acids is 2. The molecule has 0 fully saturated rings. The molecule has 9 heteroatoms. The molecule has 2 aromatic carbocycles. The first kappa shape index (κ1) is 20.5. The molecule has 2 aromatic rings. The van der Waals surface area contributed by atoms with Gasteiger partial charge in [0, 0.05) is 22.8 Å². The number of rotatable bonds is 6. The van der Waals surface area contributed by atoms with E-state index in [1.165, 1.54) is 17.0 Å². The van der Waals surface area contributed by atoms with Gasteiger partial charge < -0.3 is 10.2 Å². The third kappa shape index (κ3) is 4.59. The van der Waals surface area contributed by atoms with Crippen molar-refractivity contribution < 1.29 is 22.4 Å². The van der Waals surface area contributed by atoms with Crippen LogP contribution >= 0.6 is 15.9 Å². The quantitative estimate of drug-likeness (QED) is 0.706. The summed E-state index contributed by atoms with van der Waals surface area (Å²) in [7, 11) is -3.35. The molecule has 0 saturated carbocycles. The highest BCUT2D eigenvalue weighted by Gasteiger charge is 2.36. The molecule has 2 amide bonds. The van der Waals surface area contributed by atoms with Gasteiger partial charge in [-0.05, 0) is 36.2 Å². The van der Waals surface area contributed by atoms with E-state index in [0.717, 1.165) is 11.8 Å². The third-order valence-corrected chi connectivity index (χ3v) is 5.95. The maximum Gasteiger partial charge on any atom is 0.255 e. The number of sulfone groups is 1. The van der Waals surface area contributed by atoms with Crippen molar-refractivity contribution in [3.05, 3.63) is 63.9 Å². The van der Waals surface area contributed by atoms with Crippen molar-refractivity contribution in [3.63, 3.8) is 0 Å². The lowest BCUT2D eigenvalue weighted by Gasteiger charge is -2.27. The van der Waals surface area contributed by atoms with Gasteiger partial charge in [0.1, 0.15) is 21.7 Å². The van der Waals surface area contributed by atoms with Gasteiger partial charge in [-0.15, -0.1) is 0 Å². The first-order chi connectivity index (χ1) is 13.2. The number of amides is 2. The summed E-state index contributed by atoms with van der Waals surface area (Å²) >= 11 is 3.14. The molecule has 0 radical (unpaired) electrons. The van der Waals surface area contributed by atoms with Crippen LogP contribution < -0.4 is 5.32 Å². The zero-order valence-corrected chi connectivity index (χ0v) is 17.4. The van der Waals surface area contributed by atoms with E-state index in [4.69, 9.17) is 0 Å². The highest BCUT2D eigenvalue weighted by atomic mass is 79.9. The first-order valence-corrected chi connectivity index (χ1v) is 11.3. The van der Waals surface area contributed by atoms with E-state index in [1.807, 2.05) is 0 Å². The Bertz CT molecular complexity index is 1040. The van der Waals surface area contributed by atoms with Crippen LogP contribution in [0, 0.1) is 5.82 Å². The fraction of sp³-hybridized carbons (Fsp3) is 0.263. The maximum absolute atomic E-state index is 14.1. The number of carbonyl (C=O) groups is 2. The number of fused-ring (bicyclic) bond motifs is 1. The minimum atomic E-state index is -3.35. The normalized spacial score (nSPS) is 14.7. The monoisotopic (exact) mass is 468 g/mol. The van der Waals surface area contributed by atoms with E-state index in [-0.39, 0.29) is 30.3 Å². The topological polar surface area (TPSA) is 83.6 Å². The van der Waals surface area contributed by atoms with Crippen LogP contribution in [0.4, 0.5) is 10.1 Å². The molecule has 0 aliphatic carbocycles. The molecular formula is C19H18BrFN2O4S. The minimum absolute atomic E-state index is 0.0401. The van der Waals surface area contributed by atoms with Crippen LogP contribution in [-0.4, -0.2) is 43.2 Å². The average Bonchev–Trinajstić information content (AvgIpc) is 2.94. The number of nitrogens with one attached hydrogen (secondary N) is 1. The van der Waals surface area contributed by atoms with Gasteiger partial charge in [-0.1, -0.05) is 34.1 Å². The molecule has 3 rings (SSSR count). The fourth-order valence-corrected chi connectivity index (χ4v) is 4.07. The summed E-state index contributed by atoms with van der Waals surface area (Å²) < 4.78 is 37.9. The van der Waals surface area contributed by atoms with Crippen LogP contribution in [-0.2, 0) is 21.2 Å². The number of halogens is 2. The second-order valence-electron chi connectivity index (χ2n) is 6.64. The Kier molecular flexibility index (Phi) is 5.85. The van der Waals surface area contributed by atoms with E-state index < -0.39 is 27.6 Å². The van der Waals surface area contributed by atoms with Crippen molar-refractivity contribution in [2.45, 2.75) is 19.0 Å². The third-order valence-electron chi connectivity index (χ3n) is 4.48. The summed E-state index contributed by atoms with van der Waals surface area (Å²) in [6.07, 6.45) is 0.986. The van der Waals surface area contributed by atoms with E-state index in [0.29, 0.717) is 10.0 Å². The molecule has 28 heavy (non-hydrogen) atoms. The molecule has 0 spiro atoms. The van der Waals surface area contributed by atoms with Crippen molar-refractivity contribution in [2.24, 2.45) is 0 Å². The summed E-state index contributed by atoms with van der Waals surface area (Å²) in [5.41, 5.74) is 1.20. The zero-order chi connectivity index (χ0) is 20.5. The lowest BCUT2D eigenvalue weighted by molar-refractivity contribution is -0.120. The van der Waals surface area contributed by atoms with Gasteiger partial charge in [0.15, 0.2) is 0 Å². The highest BCUT2D eigenvalue weighted by Crippen LogP contribution is 2.27. The van der Waals surface area contributed by atoms with E-state index in [1.54, 1.807) is 30.3 Å². The van der Waals surface area contributed by atoms with E-state index in [9.17, 15) is 22.4 Å². The van der Waals surface area contributed by atoms with Crippen LogP contribution in [0.3, 0.4) is 0 Å². The lowest BCUT2D eigenvalue weighted by Crippen LogP contribution is -2.45. The van der Waals surface area contributed by atoms with Gasteiger partial charge in [-0.3, -0.25) is 9.59 Å². The molecule has 1 N–H and O–H groups in total. The Balaban J connectivity index is 1.87. The summed E-state index contributed by atoms with van der Waals surface area (Å²) in [5, 5.41) is 2.47. The highest BCUT2D eigenvalue weighted by molar-refractivity contribution is 9.10. The van der Waals surface area contributed by atoms with Gasteiger partial charge in [0.05, 0.1) is 11.4 Å². The molecular weight excluding hydrogens is 451 g/mol. The minimum Gasteiger partial charge on any atom is -0.322 e. The SMILES string of the molecule is CS(=O)(=O)CCC(C(=O)Nc1ccc(Br)cc1F)N1Cc2ccccc2C1=O. The summed E-state index contributed by atoms with van der Waals surface area (Å²) in [6.45, 7) is 0.194. The van der Waals surface area contributed by atoms with Crippen molar-refractivity contribution in [1.82, 2.24) is 4.90 Å². The van der Waals surface area contributed by atoms with Gasteiger partial charge in [-0.2, -0.15) is 0 Å². The van der Waals surface area contributed by atoms with Crippen molar-refractivity contribution in [2.75, 3.05) is 17.3 Å². The number of anilines is 1. The smallest absolute Gasteiger partial charge is 0.255 e. The van der Waals surface area contributed by atoms with Crippen molar-refractivity contribution in [1.29, 1.82) is 0 Å². The molecule has 1 atom stereocenters. The molecule has 0 saturated heterocycles. The Morgan fingerprint density at radius 2 is 2.00 bits per heavy atom. The Morgan fingerprint density at radius 1 is 1.29 bits per heavy atom. The van der Waals surface area contributed by atoms with Crippen LogP contribution in [0.25, 0.3) is 0 Å². The summed E-state index contributed by atoms with van der Waals surface area (Å²) in [6, 6.07) is 10.1. The largest absolute Gasteiger partial charge is 0.322 e. The van der Waals surface area contributed by atoms with Gasteiger partial charge >= 0.3 is 0 Å². The van der Waals surface area contributed by atoms with Gasteiger partial charge in [0.2, 0.25) is 5.91 Å². The average molecular weight is 469 g/mol. The van der Waals surface area contributed by atoms with Crippen LogP contribution in [0.2, 0.25) is 0 Å². The summed E-state index contributed by atoms with van der Waals surface area (Å²) in [4.78, 5) is 27.0. The molecule has 1 aliphatic heterocycles. The van der Waals surface area contributed by atoms with Gasteiger partial charge in [0.25, 0.3) is 5.91 Å². The lowest BCUT2D eigenvalue weighted by atomic mass is 10.1. The van der Waals surface area contributed by atoms with Crippen molar-refractivity contribution in [3.8, 4) is 0 Å². The summed E-state index contributed by atoms with van der Waals surface area (Å²) in [5.74, 6) is -1.89. The Morgan fingerprint density at radius 3 is 2.64 bits per heavy atom. The van der Waals surface area contributed by atoms with E-state index in [2.05, 4.69) is 21.2 Å². The molecule has 148 valence electrons.